The molecule has 1 saturated heterocycles. The molecule has 1 fully saturated rings. The largest absolute Gasteiger partial charge is 0.493 e. The maximum absolute atomic E-state index is 12.7. The van der Waals surface area contributed by atoms with Crippen LogP contribution in [0.4, 0.5) is 5.69 Å². The number of rotatable bonds is 7. The van der Waals surface area contributed by atoms with Gasteiger partial charge in [-0.05, 0) is 52.0 Å². The zero-order valence-corrected chi connectivity index (χ0v) is 17.4. The Hall–Kier alpha value is -2.00. The molecule has 27 heavy (non-hydrogen) atoms. The number of amides is 1. The van der Waals surface area contributed by atoms with Crippen molar-refractivity contribution in [2.24, 2.45) is 0 Å². The van der Waals surface area contributed by atoms with Gasteiger partial charge in [-0.1, -0.05) is 0 Å². The number of methoxy groups -OCH3 is 2. The van der Waals surface area contributed by atoms with Crippen molar-refractivity contribution in [1.29, 1.82) is 0 Å². The molecule has 2 rings (SSSR count). The lowest BCUT2D eigenvalue weighted by atomic mass is 10.1. The van der Waals surface area contributed by atoms with E-state index in [1.807, 2.05) is 7.05 Å². The highest BCUT2D eigenvalue weighted by Crippen LogP contribution is 2.33. The fraction of sp³-hybridized carbons (Fsp3) is 0.611. The number of nitrogens with one attached hydrogen (secondary N) is 1. The van der Waals surface area contributed by atoms with Crippen LogP contribution in [0.15, 0.2) is 18.2 Å². The van der Waals surface area contributed by atoms with E-state index in [4.69, 9.17) is 9.47 Å². The summed E-state index contributed by atoms with van der Waals surface area (Å²) in [5.74, 6) is 0.564. The minimum atomic E-state index is -3.69. The average molecular weight is 400 g/mol. The topological polar surface area (TPSA) is 88.2 Å². The lowest BCUT2D eigenvalue weighted by Gasteiger charge is -2.33. The molecule has 8 nitrogen and oxygen atoms in total. The normalized spacial score (nSPS) is 17.2. The molecule has 1 heterocycles. The number of sulfonamides is 1. The highest BCUT2D eigenvalue weighted by atomic mass is 32.2. The smallest absolute Gasteiger partial charge is 0.243 e. The summed E-state index contributed by atoms with van der Waals surface area (Å²) < 4.78 is 36.4. The quantitative estimate of drug-likeness (QED) is 0.738. The Morgan fingerprint density at radius 1 is 1.22 bits per heavy atom. The third-order valence-electron chi connectivity index (χ3n) is 4.78. The molecule has 1 aliphatic rings. The van der Waals surface area contributed by atoms with Crippen molar-refractivity contribution in [2.45, 2.75) is 31.8 Å². The molecule has 9 heteroatoms. The maximum Gasteiger partial charge on any atom is 0.243 e. The number of benzene rings is 1. The van der Waals surface area contributed by atoms with E-state index >= 15 is 0 Å². The lowest BCUT2D eigenvalue weighted by molar-refractivity contribution is -0.122. The number of piperidine rings is 1. The van der Waals surface area contributed by atoms with Crippen molar-refractivity contribution < 1.29 is 22.7 Å². The molecule has 1 atom stereocenters. The van der Waals surface area contributed by atoms with Gasteiger partial charge in [0.25, 0.3) is 0 Å². The van der Waals surface area contributed by atoms with Gasteiger partial charge >= 0.3 is 0 Å². The first-order chi connectivity index (χ1) is 12.7. The van der Waals surface area contributed by atoms with Crippen molar-refractivity contribution in [3.05, 3.63) is 18.2 Å². The van der Waals surface area contributed by atoms with Crippen LogP contribution in [0.5, 0.6) is 11.5 Å². The fourth-order valence-corrected chi connectivity index (χ4v) is 4.41. The van der Waals surface area contributed by atoms with Crippen molar-refractivity contribution in [2.75, 3.05) is 44.9 Å². The Kier molecular flexibility index (Phi) is 6.94. The van der Waals surface area contributed by atoms with Crippen LogP contribution in [0.1, 0.15) is 19.8 Å². The maximum atomic E-state index is 12.7. The molecular formula is C18H29N3O5S. The van der Waals surface area contributed by atoms with Crippen LogP contribution < -0.4 is 19.1 Å². The van der Waals surface area contributed by atoms with Crippen LogP contribution >= 0.6 is 0 Å². The number of carbonyl (C=O) groups is 1. The van der Waals surface area contributed by atoms with E-state index in [1.165, 1.54) is 14.2 Å². The number of anilines is 1. The summed E-state index contributed by atoms with van der Waals surface area (Å²) in [6.07, 6.45) is 2.79. The Labute approximate surface area is 161 Å². The van der Waals surface area contributed by atoms with Gasteiger partial charge in [0, 0.05) is 12.1 Å². The molecule has 1 unspecified atom stereocenters. The summed E-state index contributed by atoms with van der Waals surface area (Å²) in [6.45, 7) is 3.40. The summed E-state index contributed by atoms with van der Waals surface area (Å²) in [4.78, 5) is 15.0. The standard InChI is InChI=1S/C18H29N3O5S/c1-13(18(22)19-14-8-10-20(2)11-9-14)21(27(5,23)24)15-6-7-16(25-3)17(12-15)26-4/h6-7,12-14H,8-11H2,1-5H3,(H,19,22). The second-order valence-corrected chi connectivity index (χ2v) is 8.72. The molecule has 1 aliphatic heterocycles. The van der Waals surface area contributed by atoms with Gasteiger partial charge in [-0.3, -0.25) is 9.10 Å². The Morgan fingerprint density at radius 3 is 2.33 bits per heavy atom. The predicted octanol–water partition coefficient (Wildman–Crippen LogP) is 1.07. The van der Waals surface area contributed by atoms with Gasteiger partial charge in [-0.2, -0.15) is 0 Å². The molecule has 0 radical (unpaired) electrons. The second-order valence-electron chi connectivity index (χ2n) is 6.86. The van der Waals surface area contributed by atoms with E-state index in [1.54, 1.807) is 25.1 Å². The molecule has 152 valence electrons. The van der Waals surface area contributed by atoms with Crippen molar-refractivity contribution in [1.82, 2.24) is 10.2 Å². The monoisotopic (exact) mass is 399 g/mol. The average Bonchev–Trinajstić information content (AvgIpc) is 2.62. The highest BCUT2D eigenvalue weighted by molar-refractivity contribution is 7.92. The molecule has 0 aliphatic carbocycles. The van der Waals surface area contributed by atoms with Gasteiger partial charge in [0.2, 0.25) is 15.9 Å². The Morgan fingerprint density at radius 2 is 1.81 bits per heavy atom. The Bertz CT molecular complexity index is 760. The first kappa shape index (κ1) is 21.3. The molecule has 1 amide bonds. The van der Waals surface area contributed by atoms with E-state index in [-0.39, 0.29) is 11.9 Å². The van der Waals surface area contributed by atoms with Crippen LogP contribution in [0, 0.1) is 0 Å². The number of hydrogen-bond donors (Lipinski definition) is 1. The molecule has 0 bridgehead atoms. The first-order valence-electron chi connectivity index (χ1n) is 8.87. The summed E-state index contributed by atoms with van der Waals surface area (Å²) in [7, 11) is 1.33. The third kappa shape index (κ3) is 5.26. The number of carbonyl (C=O) groups excluding carboxylic acids is 1. The van der Waals surface area contributed by atoms with Gasteiger partial charge in [0.05, 0.1) is 26.2 Å². The van der Waals surface area contributed by atoms with Gasteiger partial charge in [-0.25, -0.2) is 8.42 Å². The van der Waals surface area contributed by atoms with E-state index in [9.17, 15) is 13.2 Å². The number of ether oxygens (including phenoxy) is 2. The first-order valence-corrected chi connectivity index (χ1v) is 10.7. The summed E-state index contributed by atoms with van der Waals surface area (Å²) in [5, 5.41) is 2.99. The molecule has 0 spiro atoms. The zero-order chi connectivity index (χ0) is 20.2. The minimum absolute atomic E-state index is 0.0583. The van der Waals surface area contributed by atoms with Gasteiger partial charge in [0.1, 0.15) is 6.04 Å². The van der Waals surface area contributed by atoms with Crippen LogP contribution in [0.3, 0.4) is 0 Å². The van der Waals surface area contributed by atoms with E-state index in [0.717, 1.165) is 36.5 Å². The Balaban J connectivity index is 2.24. The van der Waals surface area contributed by atoms with Crippen LogP contribution in [0.25, 0.3) is 0 Å². The SMILES string of the molecule is COc1ccc(N(C(C)C(=O)NC2CCN(C)CC2)S(C)(=O)=O)cc1OC. The molecule has 1 aromatic carbocycles. The second kappa shape index (κ2) is 8.79. The molecular weight excluding hydrogens is 370 g/mol. The third-order valence-corrected chi connectivity index (χ3v) is 6.02. The van der Waals surface area contributed by atoms with Crippen LogP contribution in [0.2, 0.25) is 0 Å². The lowest BCUT2D eigenvalue weighted by Crippen LogP contribution is -2.52. The molecule has 1 N–H and O–H groups in total. The number of hydrogen-bond acceptors (Lipinski definition) is 6. The molecule has 0 aromatic heterocycles. The predicted molar refractivity (Wildman–Crippen MR) is 105 cm³/mol. The van der Waals surface area contributed by atoms with E-state index in [0.29, 0.717) is 17.2 Å². The van der Waals surface area contributed by atoms with Gasteiger partial charge in [-0.15, -0.1) is 0 Å². The number of likely N-dealkylation sites (tertiary alicyclic amines) is 1. The number of nitrogens with zero attached hydrogens (tertiary/aromatic N) is 2. The van der Waals surface area contributed by atoms with Crippen LogP contribution in [-0.4, -0.2) is 71.9 Å². The summed E-state index contributed by atoms with van der Waals surface area (Å²) >= 11 is 0. The molecule has 1 aromatic rings. The van der Waals surface area contributed by atoms with Crippen molar-refractivity contribution in [3.63, 3.8) is 0 Å². The van der Waals surface area contributed by atoms with Gasteiger partial charge in [0.15, 0.2) is 11.5 Å². The van der Waals surface area contributed by atoms with Crippen molar-refractivity contribution in [3.8, 4) is 11.5 Å². The van der Waals surface area contributed by atoms with E-state index in [2.05, 4.69) is 10.2 Å². The van der Waals surface area contributed by atoms with E-state index < -0.39 is 16.1 Å². The van der Waals surface area contributed by atoms with Gasteiger partial charge < -0.3 is 19.7 Å². The van der Waals surface area contributed by atoms with Crippen molar-refractivity contribution >= 4 is 21.6 Å². The highest BCUT2D eigenvalue weighted by Gasteiger charge is 2.31. The minimum Gasteiger partial charge on any atom is -0.493 e. The fourth-order valence-electron chi connectivity index (χ4n) is 3.25. The zero-order valence-electron chi connectivity index (χ0n) is 16.6. The summed E-state index contributed by atoms with van der Waals surface area (Å²) in [6, 6.07) is 3.94. The summed E-state index contributed by atoms with van der Waals surface area (Å²) in [5.41, 5.74) is 0.348. The van der Waals surface area contributed by atoms with Crippen LogP contribution in [-0.2, 0) is 14.8 Å². The molecule has 0 saturated carbocycles.